The number of halogens is 1. The summed E-state index contributed by atoms with van der Waals surface area (Å²) < 4.78 is 11.5. The molecule has 3 rings (SSSR count). The van der Waals surface area contributed by atoms with E-state index in [9.17, 15) is 19.5 Å². The summed E-state index contributed by atoms with van der Waals surface area (Å²) in [4.78, 5) is 40.8. The molecule has 29 heavy (non-hydrogen) atoms. The molecule has 0 aliphatic carbocycles. The maximum absolute atomic E-state index is 13.5. The Hall–Kier alpha value is -1.19. The van der Waals surface area contributed by atoms with Crippen molar-refractivity contribution in [3.8, 4) is 0 Å². The summed E-state index contributed by atoms with van der Waals surface area (Å²) in [5.74, 6) is -2.59. The van der Waals surface area contributed by atoms with Gasteiger partial charge < -0.3 is 24.8 Å². The first-order valence-corrected chi connectivity index (χ1v) is 11.5. The number of fused-ring (bicyclic) bond motifs is 1. The number of unbranched alkanes of at least 4 members (excludes halogenated alkanes) is 1. The van der Waals surface area contributed by atoms with Crippen LogP contribution in [0.15, 0.2) is 0 Å². The standard InChI is InChI=1S/C20H31BrN2O6/c1-4-7-8-22-17(25)16-20-9-12(21)15(29-20)13(19(27)28-6-3)14(20)18(26)23(16)11(5-2)10-24/h11-16,24H,4-10H2,1-3H3,(H,22,25)/t11-,12?,13+,14-,15+,16?,20?/m0/s1. The van der Waals surface area contributed by atoms with Gasteiger partial charge in [0, 0.05) is 11.4 Å². The van der Waals surface area contributed by atoms with E-state index < -0.39 is 41.6 Å². The van der Waals surface area contributed by atoms with E-state index in [0.29, 0.717) is 19.4 Å². The number of carbonyl (C=O) groups is 3. The SMILES string of the molecule is CCCCNC(=O)C1N([C@@H](CC)CO)C(=O)[C@@H]2[C@@H](C(=O)OCC)[C@@H]3OC12CC3Br. The van der Waals surface area contributed by atoms with Crippen molar-refractivity contribution in [2.24, 2.45) is 11.8 Å². The fourth-order valence-electron chi connectivity index (χ4n) is 5.17. The predicted octanol–water partition coefficient (Wildman–Crippen LogP) is 0.985. The van der Waals surface area contributed by atoms with E-state index in [4.69, 9.17) is 9.47 Å². The number of nitrogens with one attached hydrogen (secondary N) is 1. The van der Waals surface area contributed by atoms with Crippen LogP contribution in [0.25, 0.3) is 0 Å². The van der Waals surface area contributed by atoms with E-state index in [0.717, 1.165) is 12.8 Å². The summed E-state index contributed by atoms with van der Waals surface area (Å²) in [6, 6.07) is -1.39. The Balaban J connectivity index is 2.01. The van der Waals surface area contributed by atoms with E-state index in [1.807, 2.05) is 13.8 Å². The first kappa shape index (κ1) is 22.5. The Kier molecular flexibility index (Phi) is 6.90. The van der Waals surface area contributed by atoms with Crippen molar-refractivity contribution in [2.75, 3.05) is 19.8 Å². The van der Waals surface area contributed by atoms with Gasteiger partial charge >= 0.3 is 5.97 Å². The molecule has 2 amide bonds. The summed E-state index contributed by atoms with van der Waals surface area (Å²) in [5.41, 5.74) is -1.09. The molecule has 3 unspecified atom stereocenters. The molecule has 0 aromatic rings. The van der Waals surface area contributed by atoms with Crippen LogP contribution >= 0.6 is 15.9 Å². The van der Waals surface area contributed by atoms with Gasteiger partial charge in [0.2, 0.25) is 11.8 Å². The second-order valence-corrected chi connectivity index (χ2v) is 9.23. The van der Waals surface area contributed by atoms with Crippen LogP contribution in [0.5, 0.6) is 0 Å². The summed E-state index contributed by atoms with van der Waals surface area (Å²) in [7, 11) is 0. The molecule has 2 bridgehead atoms. The molecule has 8 nitrogen and oxygen atoms in total. The third kappa shape index (κ3) is 3.49. The van der Waals surface area contributed by atoms with Crippen LogP contribution in [0.4, 0.5) is 0 Å². The topological polar surface area (TPSA) is 105 Å². The predicted molar refractivity (Wildman–Crippen MR) is 108 cm³/mol. The van der Waals surface area contributed by atoms with Crippen molar-refractivity contribution < 1.29 is 29.0 Å². The van der Waals surface area contributed by atoms with Gasteiger partial charge in [-0.3, -0.25) is 14.4 Å². The van der Waals surface area contributed by atoms with Crippen molar-refractivity contribution >= 4 is 33.7 Å². The molecule has 1 spiro atoms. The van der Waals surface area contributed by atoms with E-state index >= 15 is 0 Å². The zero-order valence-corrected chi connectivity index (χ0v) is 18.8. The molecule has 164 valence electrons. The summed E-state index contributed by atoms with van der Waals surface area (Å²) >= 11 is 3.59. The second kappa shape index (κ2) is 8.89. The van der Waals surface area contributed by atoms with E-state index in [1.54, 1.807) is 6.92 Å². The van der Waals surface area contributed by atoms with Crippen LogP contribution in [0, 0.1) is 11.8 Å². The molecule has 3 heterocycles. The van der Waals surface area contributed by atoms with Gasteiger partial charge in [-0.15, -0.1) is 0 Å². The quantitative estimate of drug-likeness (QED) is 0.293. The highest BCUT2D eigenvalue weighted by molar-refractivity contribution is 9.09. The van der Waals surface area contributed by atoms with Gasteiger partial charge in [0.25, 0.3) is 0 Å². The highest BCUT2D eigenvalue weighted by atomic mass is 79.9. The first-order chi connectivity index (χ1) is 13.9. The highest BCUT2D eigenvalue weighted by Gasteiger charge is 2.77. The van der Waals surface area contributed by atoms with Crippen LogP contribution in [0.3, 0.4) is 0 Å². The largest absolute Gasteiger partial charge is 0.466 e. The molecule has 3 aliphatic heterocycles. The van der Waals surface area contributed by atoms with Crippen LogP contribution in [-0.2, 0) is 23.9 Å². The van der Waals surface area contributed by atoms with Gasteiger partial charge in [0.05, 0.1) is 37.2 Å². The van der Waals surface area contributed by atoms with Gasteiger partial charge in [0.15, 0.2) is 0 Å². The minimum atomic E-state index is -1.09. The van der Waals surface area contributed by atoms with Crippen LogP contribution in [0.2, 0.25) is 0 Å². The lowest BCUT2D eigenvalue weighted by molar-refractivity contribution is -0.155. The average Bonchev–Trinajstić information content (AvgIpc) is 3.27. The third-order valence-electron chi connectivity index (χ3n) is 6.44. The second-order valence-electron chi connectivity index (χ2n) is 8.05. The number of carbonyl (C=O) groups excluding carboxylic acids is 3. The Bertz CT molecular complexity index is 657. The van der Waals surface area contributed by atoms with Crippen molar-refractivity contribution in [3.63, 3.8) is 0 Å². The monoisotopic (exact) mass is 474 g/mol. The Morgan fingerprint density at radius 3 is 2.72 bits per heavy atom. The van der Waals surface area contributed by atoms with Crippen LogP contribution < -0.4 is 5.32 Å². The molecule has 2 N–H and O–H groups in total. The number of amides is 2. The minimum Gasteiger partial charge on any atom is -0.466 e. The summed E-state index contributed by atoms with van der Waals surface area (Å²) in [6.07, 6.45) is 2.20. The van der Waals surface area contributed by atoms with Gasteiger partial charge in [0.1, 0.15) is 11.6 Å². The molecule has 7 atom stereocenters. The number of rotatable bonds is 9. The normalized spacial score (nSPS) is 36.2. The third-order valence-corrected chi connectivity index (χ3v) is 7.28. The number of hydrogen-bond acceptors (Lipinski definition) is 6. The molecule has 3 fully saturated rings. The minimum absolute atomic E-state index is 0.152. The smallest absolute Gasteiger partial charge is 0.312 e. The van der Waals surface area contributed by atoms with Crippen molar-refractivity contribution in [2.45, 2.75) is 75.1 Å². The average molecular weight is 475 g/mol. The van der Waals surface area contributed by atoms with Gasteiger partial charge in [-0.25, -0.2) is 0 Å². The molecular weight excluding hydrogens is 444 g/mol. The summed E-state index contributed by atoms with van der Waals surface area (Å²) in [5, 5.41) is 12.8. The maximum atomic E-state index is 13.5. The number of aliphatic hydroxyl groups is 1. The van der Waals surface area contributed by atoms with E-state index in [2.05, 4.69) is 21.2 Å². The highest BCUT2D eigenvalue weighted by Crippen LogP contribution is 2.60. The maximum Gasteiger partial charge on any atom is 0.312 e. The first-order valence-electron chi connectivity index (χ1n) is 10.6. The number of ether oxygens (including phenoxy) is 2. The van der Waals surface area contributed by atoms with Crippen molar-refractivity contribution in [1.82, 2.24) is 10.2 Å². The number of hydrogen-bond donors (Lipinski definition) is 2. The van der Waals surface area contributed by atoms with Crippen LogP contribution in [-0.4, -0.2) is 76.2 Å². The Morgan fingerprint density at radius 2 is 2.14 bits per heavy atom. The van der Waals surface area contributed by atoms with Gasteiger partial charge in [-0.2, -0.15) is 0 Å². The molecule has 0 aromatic carbocycles. The number of nitrogens with zero attached hydrogens (tertiary/aromatic N) is 1. The van der Waals surface area contributed by atoms with Crippen molar-refractivity contribution in [1.29, 1.82) is 0 Å². The number of aliphatic hydroxyl groups excluding tert-OH is 1. The lowest BCUT2D eigenvalue weighted by Crippen LogP contribution is -2.58. The summed E-state index contributed by atoms with van der Waals surface area (Å²) in [6.45, 7) is 6.08. The van der Waals surface area contributed by atoms with E-state index in [1.165, 1.54) is 4.90 Å². The van der Waals surface area contributed by atoms with Crippen LogP contribution in [0.1, 0.15) is 46.5 Å². The Labute approximate surface area is 179 Å². The van der Waals surface area contributed by atoms with Crippen molar-refractivity contribution in [3.05, 3.63) is 0 Å². The number of esters is 1. The van der Waals surface area contributed by atoms with Gasteiger partial charge in [-0.1, -0.05) is 36.2 Å². The molecule has 0 aromatic heterocycles. The fourth-order valence-corrected chi connectivity index (χ4v) is 6.11. The van der Waals surface area contributed by atoms with E-state index in [-0.39, 0.29) is 29.9 Å². The molecule has 3 saturated heterocycles. The Morgan fingerprint density at radius 1 is 1.41 bits per heavy atom. The fraction of sp³-hybridized carbons (Fsp3) is 0.850. The molecule has 0 radical (unpaired) electrons. The molecule has 9 heteroatoms. The van der Waals surface area contributed by atoms with Gasteiger partial charge in [-0.05, 0) is 26.2 Å². The number of alkyl halides is 1. The molecular formula is C20H31BrN2O6. The molecule has 0 saturated carbocycles. The zero-order chi connectivity index (χ0) is 21.3. The lowest BCUT2D eigenvalue weighted by atomic mass is 9.70. The molecule has 3 aliphatic rings. The lowest BCUT2D eigenvalue weighted by Gasteiger charge is -2.36. The zero-order valence-electron chi connectivity index (χ0n) is 17.2. The number of likely N-dealkylation sites (tertiary alicyclic amines) is 1.